The number of carbonyl (C=O) groups excluding carboxylic acids is 1. The van der Waals surface area contributed by atoms with E-state index >= 15 is 0 Å². The van der Waals surface area contributed by atoms with Crippen molar-refractivity contribution in [1.82, 2.24) is 5.32 Å². The molecule has 8 nitrogen and oxygen atoms in total. The van der Waals surface area contributed by atoms with Gasteiger partial charge in [0, 0.05) is 7.05 Å². The molecular weight excluding hydrogens is 180 g/mol. The summed E-state index contributed by atoms with van der Waals surface area (Å²) in [4.78, 5) is 19.8. The van der Waals surface area contributed by atoms with E-state index in [1.54, 1.807) is 0 Å². The smallest absolute Gasteiger partial charge is 0.433 e. The summed E-state index contributed by atoms with van der Waals surface area (Å²) in [6, 6.07) is -0.926. The Balaban J connectivity index is 4.77. The van der Waals surface area contributed by atoms with Gasteiger partial charge < -0.3 is 10.5 Å². The minimum absolute atomic E-state index is 0.244. The maximum Gasteiger partial charge on any atom is 0.433 e. The highest BCUT2D eigenvalue weighted by atomic mass is 16.7. The van der Waals surface area contributed by atoms with Crippen molar-refractivity contribution < 1.29 is 14.6 Å². The molecule has 0 aromatic heterocycles. The summed E-state index contributed by atoms with van der Waals surface area (Å²) in [7, 11) is 1.26. The normalized spacial score (nSPS) is 12.4. The number of urea groups is 1. The van der Waals surface area contributed by atoms with Crippen LogP contribution in [0.5, 0.6) is 0 Å². The molecular formula is C5H10N4O4. The molecule has 0 fully saturated rings. The summed E-state index contributed by atoms with van der Waals surface area (Å²) in [6.45, 7) is 2.10. The van der Waals surface area contributed by atoms with Crippen molar-refractivity contribution in [3.63, 3.8) is 0 Å². The lowest BCUT2D eigenvalue weighted by Crippen LogP contribution is -2.41. The molecule has 0 bridgehead atoms. The van der Waals surface area contributed by atoms with Gasteiger partial charge in [-0.15, -0.1) is 0 Å². The lowest BCUT2D eigenvalue weighted by molar-refractivity contribution is -0.804. The van der Waals surface area contributed by atoms with E-state index < -0.39 is 16.6 Å². The van der Waals surface area contributed by atoms with Crippen LogP contribution >= 0.6 is 0 Å². The molecule has 13 heavy (non-hydrogen) atoms. The lowest BCUT2D eigenvalue weighted by Gasteiger charge is -2.11. The third-order valence-electron chi connectivity index (χ3n) is 1.31. The highest BCUT2D eigenvalue weighted by Gasteiger charge is 2.42. The van der Waals surface area contributed by atoms with E-state index in [0.29, 0.717) is 0 Å². The van der Waals surface area contributed by atoms with Crippen molar-refractivity contribution in [1.29, 1.82) is 0 Å². The van der Waals surface area contributed by atoms with E-state index in [4.69, 9.17) is 0 Å². The number of hydrogen-bond acceptors (Lipinski definition) is 4. The van der Waals surface area contributed by atoms with E-state index in [0.717, 1.165) is 13.8 Å². The number of nitrogens with one attached hydrogen (secondary N) is 1. The first-order valence-corrected chi connectivity index (χ1v) is 3.37. The number of hydroxylamine groups is 1. The Bertz CT molecular complexity index is 259. The maximum absolute atomic E-state index is 10.9. The lowest BCUT2D eigenvalue weighted by atomic mass is 10.3. The molecule has 2 amide bonds. The van der Waals surface area contributed by atoms with Crippen molar-refractivity contribution in [3.05, 3.63) is 15.3 Å². The Labute approximate surface area is 74.0 Å². The molecule has 0 aliphatic heterocycles. The summed E-state index contributed by atoms with van der Waals surface area (Å²) < 4.78 is 0. The number of azo groups is 1. The molecule has 0 rings (SSSR count). The van der Waals surface area contributed by atoms with Crippen LogP contribution < -0.4 is 5.32 Å². The van der Waals surface area contributed by atoms with Crippen molar-refractivity contribution in [2.75, 3.05) is 7.05 Å². The van der Waals surface area contributed by atoms with Crippen molar-refractivity contribution in [3.8, 4) is 0 Å². The van der Waals surface area contributed by atoms with Gasteiger partial charge >= 0.3 is 11.7 Å². The minimum atomic E-state index is -1.94. The molecule has 0 saturated carbocycles. The average Bonchev–Trinajstić information content (AvgIpc) is 2.03. The van der Waals surface area contributed by atoms with Crippen molar-refractivity contribution in [2.24, 2.45) is 5.11 Å². The fraction of sp³-hybridized carbons (Fsp3) is 0.800. The maximum atomic E-state index is 10.9. The molecule has 0 unspecified atom stereocenters. The molecule has 8 heteroatoms. The van der Waals surface area contributed by atoms with Gasteiger partial charge in [0.25, 0.3) is 0 Å². The van der Waals surface area contributed by atoms with Crippen LogP contribution in [0.4, 0.5) is 4.79 Å². The van der Waals surface area contributed by atoms with Gasteiger partial charge in [0.2, 0.25) is 0 Å². The van der Waals surface area contributed by atoms with E-state index in [-0.39, 0.29) is 4.86 Å². The minimum Gasteiger partial charge on any atom is -0.594 e. The van der Waals surface area contributed by atoms with Gasteiger partial charge in [-0.2, -0.15) is 0 Å². The van der Waals surface area contributed by atoms with Gasteiger partial charge in [-0.05, 0) is 4.86 Å². The van der Waals surface area contributed by atoms with Crippen LogP contribution in [0.2, 0.25) is 0 Å². The zero-order valence-corrected chi connectivity index (χ0v) is 7.47. The molecule has 0 saturated heterocycles. The van der Waals surface area contributed by atoms with Crippen molar-refractivity contribution in [2.45, 2.75) is 19.5 Å². The van der Waals surface area contributed by atoms with E-state index in [2.05, 4.69) is 5.11 Å². The third kappa shape index (κ3) is 2.65. The summed E-state index contributed by atoms with van der Waals surface area (Å²) in [5, 5.41) is 26.1. The fourth-order valence-corrected chi connectivity index (χ4v) is 0.325. The van der Waals surface area contributed by atoms with E-state index in [1.165, 1.54) is 7.05 Å². The van der Waals surface area contributed by atoms with Crippen LogP contribution in [0.1, 0.15) is 13.8 Å². The predicted molar refractivity (Wildman–Crippen MR) is 41.6 cm³/mol. The number of carbonyl (C=O) groups is 1. The monoisotopic (exact) mass is 190 g/mol. The van der Waals surface area contributed by atoms with Gasteiger partial charge in [-0.3, -0.25) is 10.1 Å². The van der Waals surface area contributed by atoms with Crippen LogP contribution in [-0.2, 0) is 0 Å². The molecule has 0 aromatic carbocycles. The average molecular weight is 190 g/mol. The first-order chi connectivity index (χ1) is 5.82. The second kappa shape index (κ2) is 3.78. The quantitative estimate of drug-likeness (QED) is 0.222. The number of nitro groups is 1. The van der Waals surface area contributed by atoms with Gasteiger partial charge in [-0.25, -0.2) is 4.79 Å². The Morgan fingerprint density at radius 3 is 2.23 bits per heavy atom. The molecule has 0 radical (unpaired) electrons. The molecule has 1 N–H and O–H groups in total. The van der Waals surface area contributed by atoms with Gasteiger partial charge in [0.05, 0.1) is 23.9 Å². The zero-order chi connectivity index (χ0) is 10.6. The van der Waals surface area contributed by atoms with Gasteiger partial charge in [0.15, 0.2) is 0 Å². The second-order valence-electron chi connectivity index (χ2n) is 2.68. The second-order valence-corrected chi connectivity index (χ2v) is 2.68. The highest BCUT2D eigenvalue weighted by molar-refractivity contribution is 5.73. The van der Waals surface area contributed by atoms with Crippen LogP contribution in [-0.4, -0.2) is 28.5 Å². The Hall–Kier alpha value is -1.73. The standard InChI is InChI=1S/C5H10N4O4/c1-5(2,9(12)13)8(11)7-4(10)6-3/h1-3H3,(H,6,10)/b8-7-. The molecule has 0 aliphatic rings. The first kappa shape index (κ1) is 11.3. The van der Waals surface area contributed by atoms with Gasteiger partial charge in [-0.1, -0.05) is 0 Å². The Kier molecular flexibility index (Phi) is 3.28. The third-order valence-corrected chi connectivity index (χ3v) is 1.31. The predicted octanol–water partition coefficient (Wildman–Crippen LogP) is 0.301. The summed E-state index contributed by atoms with van der Waals surface area (Å²) in [5.41, 5.74) is -1.94. The van der Waals surface area contributed by atoms with Crippen molar-refractivity contribution >= 4 is 6.03 Å². The molecule has 0 atom stereocenters. The largest absolute Gasteiger partial charge is 0.594 e. The zero-order valence-electron chi connectivity index (χ0n) is 7.47. The molecule has 0 spiro atoms. The highest BCUT2D eigenvalue weighted by Crippen LogP contribution is 2.08. The summed E-state index contributed by atoms with van der Waals surface area (Å²) >= 11 is 0. The first-order valence-electron chi connectivity index (χ1n) is 3.37. The topological polar surface area (TPSA) is 111 Å². The molecule has 0 aromatic rings. The van der Waals surface area contributed by atoms with Gasteiger partial charge in [0.1, 0.15) is 0 Å². The summed E-state index contributed by atoms with van der Waals surface area (Å²) in [5.74, 6) is 0. The van der Waals surface area contributed by atoms with Crippen LogP contribution in [0.15, 0.2) is 5.11 Å². The number of hydrogen-bond donors (Lipinski definition) is 1. The van der Waals surface area contributed by atoms with Crippen LogP contribution in [0, 0.1) is 15.3 Å². The number of amides is 2. The molecule has 0 heterocycles. The number of rotatable bonds is 2. The summed E-state index contributed by atoms with van der Waals surface area (Å²) in [6.07, 6.45) is 0. The van der Waals surface area contributed by atoms with E-state index in [9.17, 15) is 20.1 Å². The molecule has 74 valence electrons. The Morgan fingerprint density at radius 1 is 1.46 bits per heavy atom. The number of nitrogens with zero attached hydrogens (tertiary/aromatic N) is 3. The fourth-order valence-electron chi connectivity index (χ4n) is 0.325. The Morgan fingerprint density at radius 2 is 1.92 bits per heavy atom. The SMILES string of the molecule is CNC(=O)/N=[N+](\[O-])C(C)(C)[N+](=O)[O-]. The van der Waals surface area contributed by atoms with E-state index in [1.807, 2.05) is 5.32 Å². The molecule has 0 aliphatic carbocycles. The van der Waals surface area contributed by atoms with Crippen LogP contribution in [0.25, 0.3) is 0 Å². The van der Waals surface area contributed by atoms with Crippen LogP contribution in [0.3, 0.4) is 0 Å².